The van der Waals surface area contributed by atoms with Crippen LogP contribution in [0.1, 0.15) is 6.42 Å². The predicted octanol–water partition coefficient (Wildman–Crippen LogP) is 1.84. The quantitative estimate of drug-likeness (QED) is 0.834. The molecule has 0 aliphatic heterocycles. The first kappa shape index (κ1) is 11.5. The Kier molecular flexibility index (Phi) is 4.89. The van der Waals surface area contributed by atoms with Crippen molar-refractivity contribution >= 4 is 34.2 Å². The van der Waals surface area contributed by atoms with Crippen molar-refractivity contribution in [2.75, 3.05) is 18.9 Å². The Balaban J connectivity index is 2.52. The van der Waals surface area contributed by atoms with E-state index in [0.29, 0.717) is 13.0 Å². The summed E-state index contributed by atoms with van der Waals surface area (Å²) in [4.78, 5) is 11.4. The summed E-state index contributed by atoms with van der Waals surface area (Å²) in [5, 5.41) is 5.79. The minimum Gasteiger partial charge on any atom is -0.325 e. The number of rotatable bonds is 4. The topological polar surface area (TPSA) is 41.1 Å². The lowest BCUT2D eigenvalue weighted by Crippen LogP contribution is -2.19. The molecule has 1 aromatic rings. The highest BCUT2D eigenvalue weighted by Gasteiger charge is 2.03. The minimum absolute atomic E-state index is 0.0449. The van der Waals surface area contributed by atoms with E-state index in [1.54, 1.807) is 0 Å². The van der Waals surface area contributed by atoms with Crippen LogP contribution in [0.25, 0.3) is 0 Å². The normalized spacial score (nSPS) is 9.86. The van der Waals surface area contributed by atoms with Crippen LogP contribution in [0.3, 0.4) is 0 Å². The molecule has 1 rings (SSSR count). The zero-order valence-corrected chi connectivity index (χ0v) is 10.2. The highest BCUT2D eigenvalue weighted by Crippen LogP contribution is 2.16. The fourth-order valence-electron chi connectivity index (χ4n) is 1.01. The number of carbonyl (C=O) groups excluding carboxylic acids is 1. The first-order valence-electron chi connectivity index (χ1n) is 4.43. The van der Waals surface area contributed by atoms with Gasteiger partial charge in [-0.3, -0.25) is 4.79 Å². The maximum absolute atomic E-state index is 11.4. The van der Waals surface area contributed by atoms with Gasteiger partial charge in [0.1, 0.15) is 0 Å². The molecule has 0 aliphatic carbocycles. The number of halogens is 1. The van der Waals surface area contributed by atoms with Gasteiger partial charge in [0.2, 0.25) is 5.91 Å². The van der Waals surface area contributed by atoms with Gasteiger partial charge in [0, 0.05) is 16.5 Å². The first-order valence-corrected chi connectivity index (χ1v) is 5.51. The largest absolute Gasteiger partial charge is 0.325 e. The van der Waals surface area contributed by atoms with Gasteiger partial charge < -0.3 is 10.6 Å². The monoisotopic (exact) mass is 304 g/mol. The molecule has 1 amide bonds. The van der Waals surface area contributed by atoms with Gasteiger partial charge in [-0.1, -0.05) is 12.1 Å². The molecule has 4 heteroatoms. The number of para-hydroxylation sites is 1. The van der Waals surface area contributed by atoms with Crippen LogP contribution >= 0.6 is 22.6 Å². The number of carbonyl (C=O) groups is 1. The van der Waals surface area contributed by atoms with E-state index in [9.17, 15) is 4.79 Å². The van der Waals surface area contributed by atoms with Crippen LogP contribution in [0.15, 0.2) is 24.3 Å². The summed E-state index contributed by atoms with van der Waals surface area (Å²) >= 11 is 2.20. The second-order valence-electron chi connectivity index (χ2n) is 2.88. The van der Waals surface area contributed by atoms with Gasteiger partial charge in [-0.15, -0.1) is 0 Å². The van der Waals surface area contributed by atoms with E-state index in [-0.39, 0.29) is 5.91 Å². The van der Waals surface area contributed by atoms with E-state index in [2.05, 4.69) is 33.2 Å². The summed E-state index contributed by atoms with van der Waals surface area (Å²) in [6, 6.07) is 7.73. The average molecular weight is 304 g/mol. The Morgan fingerprint density at radius 1 is 1.43 bits per heavy atom. The molecule has 1 aromatic carbocycles. The van der Waals surface area contributed by atoms with Crippen molar-refractivity contribution in [3.05, 3.63) is 27.8 Å². The molecule has 0 saturated heterocycles. The average Bonchev–Trinajstić information content (AvgIpc) is 2.18. The van der Waals surface area contributed by atoms with Crippen LogP contribution in [-0.2, 0) is 4.79 Å². The number of benzene rings is 1. The summed E-state index contributed by atoms with van der Waals surface area (Å²) in [7, 11) is 1.83. The first-order chi connectivity index (χ1) is 6.74. The molecular weight excluding hydrogens is 291 g/mol. The van der Waals surface area contributed by atoms with Gasteiger partial charge in [-0.05, 0) is 41.8 Å². The van der Waals surface area contributed by atoms with Crippen LogP contribution in [-0.4, -0.2) is 19.5 Å². The van der Waals surface area contributed by atoms with Gasteiger partial charge in [0.15, 0.2) is 0 Å². The van der Waals surface area contributed by atoms with Crippen molar-refractivity contribution in [3.8, 4) is 0 Å². The summed E-state index contributed by atoms with van der Waals surface area (Å²) in [5.41, 5.74) is 0.884. The fourth-order valence-corrected chi connectivity index (χ4v) is 1.54. The van der Waals surface area contributed by atoms with Crippen molar-refractivity contribution in [2.24, 2.45) is 0 Å². The molecule has 0 aliphatic rings. The molecule has 0 bridgehead atoms. The van der Waals surface area contributed by atoms with Gasteiger partial charge >= 0.3 is 0 Å². The number of amides is 1. The van der Waals surface area contributed by atoms with E-state index in [1.807, 2.05) is 31.3 Å². The van der Waals surface area contributed by atoms with E-state index in [4.69, 9.17) is 0 Å². The predicted molar refractivity (Wildman–Crippen MR) is 66.3 cm³/mol. The van der Waals surface area contributed by atoms with Gasteiger partial charge in [-0.2, -0.15) is 0 Å². The molecule has 0 unspecified atom stereocenters. The van der Waals surface area contributed by atoms with Crippen LogP contribution in [0.2, 0.25) is 0 Å². The number of hydrogen-bond acceptors (Lipinski definition) is 2. The molecule has 14 heavy (non-hydrogen) atoms. The summed E-state index contributed by atoms with van der Waals surface area (Å²) in [5.74, 6) is 0.0449. The summed E-state index contributed by atoms with van der Waals surface area (Å²) in [6.07, 6.45) is 0.501. The number of anilines is 1. The van der Waals surface area contributed by atoms with Crippen LogP contribution in [0.5, 0.6) is 0 Å². The smallest absolute Gasteiger partial charge is 0.225 e. The Morgan fingerprint density at radius 2 is 2.14 bits per heavy atom. The molecule has 0 aromatic heterocycles. The molecule has 76 valence electrons. The lowest BCUT2D eigenvalue weighted by molar-refractivity contribution is -0.116. The van der Waals surface area contributed by atoms with Crippen LogP contribution in [0, 0.1) is 3.57 Å². The van der Waals surface area contributed by atoms with E-state index in [1.165, 1.54) is 0 Å². The molecule has 3 nitrogen and oxygen atoms in total. The Bertz CT molecular complexity index is 315. The zero-order chi connectivity index (χ0) is 10.4. The summed E-state index contributed by atoms with van der Waals surface area (Å²) < 4.78 is 1.06. The van der Waals surface area contributed by atoms with Crippen molar-refractivity contribution in [3.63, 3.8) is 0 Å². The standard InChI is InChI=1S/C10H13IN2O/c1-12-7-6-10(14)13-9-5-3-2-4-8(9)11/h2-5,12H,6-7H2,1H3,(H,13,14). The molecule has 0 spiro atoms. The molecule has 2 N–H and O–H groups in total. The van der Waals surface area contributed by atoms with Gasteiger partial charge in [-0.25, -0.2) is 0 Å². The lowest BCUT2D eigenvalue weighted by atomic mass is 10.3. The molecule has 0 saturated carbocycles. The number of hydrogen-bond donors (Lipinski definition) is 2. The maximum Gasteiger partial charge on any atom is 0.225 e. The SMILES string of the molecule is CNCCC(=O)Nc1ccccc1I. The van der Waals surface area contributed by atoms with Crippen LogP contribution in [0.4, 0.5) is 5.69 Å². The molecule has 0 heterocycles. The maximum atomic E-state index is 11.4. The highest BCUT2D eigenvalue weighted by atomic mass is 127. The van der Waals surface area contributed by atoms with Gasteiger partial charge in [0.25, 0.3) is 0 Å². The van der Waals surface area contributed by atoms with Crippen molar-refractivity contribution in [2.45, 2.75) is 6.42 Å². The third kappa shape index (κ3) is 3.63. The van der Waals surface area contributed by atoms with Gasteiger partial charge in [0.05, 0.1) is 5.69 Å². The van der Waals surface area contributed by atoms with E-state index >= 15 is 0 Å². The Hall–Kier alpha value is -0.620. The summed E-state index contributed by atoms with van der Waals surface area (Å²) in [6.45, 7) is 0.704. The molecular formula is C10H13IN2O. The molecule has 0 atom stereocenters. The second kappa shape index (κ2) is 5.98. The van der Waals surface area contributed by atoms with E-state index < -0.39 is 0 Å². The van der Waals surface area contributed by atoms with Crippen molar-refractivity contribution in [1.29, 1.82) is 0 Å². The second-order valence-corrected chi connectivity index (χ2v) is 4.04. The molecule has 0 fully saturated rings. The third-order valence-corrected chi connectivity index (χ3v) is 2.69. The highest BCUT2D eigenvalue weighted by molar-refractivity contribution is 14.1. The molecule has 0 radical (unpaired) electrons. The Labute approximate surface area is 97.4 Å². The van der Waals surface area contributed by atoms with E-state index in [0.717, 1.165) is 9.26 Å². The number of nitrogens with one attached hydrogen (secondary N) is 2. The van der Waals surface area contributed by atoms with Crippen molar-refractivity contribution in [1.82, 2.24) is 5.32 Å². The van der Waals surface area contributed by atoms with Crippen molar-refractivity contribution < 1.29 is 4.79 Å². The zero-order valence-electron chi connectivity index (χ0n) is 8.01. The minimum atomic E-state index is 0.0449. The van der Waals surface area contributed by atoms with Crippen LogP contribution < -0.4 is 10.6 Å². The Morgan fingerprint density at radius 3 is 2.79 bits per heavy atom. The fraction of sp³-hybridized carbons (Fsp3) is 0.300. The third-order valence-electron chi connectivity index (χ3n) is 1.75. The lowest BCUT2D eigenvalue weighted by Gasteiger charge is -2.06.